The van der Waals surface area contributed by atoms with Crippen LogP contribution >= 0.6 is 0 Å². The molecule has 2 aromatic heterocycles. The number of aryl methyl sites for hydroxylation is 1. The molecule has 0 spiro atoms. The molecule has 0 aliphatic heterocycles. The molecular formula is C33H36N4O5. The number of nitrogens with one attached hydrogen (secondary N) is 1. The Kier molecular flexibility index (Phi) is 8.97. The highest BCUT2D eigenvalue weighted by molar-refractivity contribution is 6.03. The topological polar surface area (TPSA) is 112 Å². The van der Waals surface area contributed by atoms with Crippen LogP contribution in [0.2, 0.25) is 0 Å². The van der Waals surface area contributed by atoms with Crippen LogP contribution in [0.25, 0.3) is 22.3 Å². The molecule has 1 aliphatic rings. The van der Waals surface area contributed by atoms with E-state index in [-0.39, 0.29) is 18.3 Å². The summed E-state index contributed by atoms with van der Waals surface area (Å²) >= 11 is 0. The van der Waals surface area contributed by atoms with Gasteiger partial charge in [-0.15, -0.1) is 0 Å². The number of methoxy groups -OCH3 is 1. The number of benzene rings is 2. The normalized spacial score (nSPS) is 13.3. The maximum atomic E-state index is 14.1. The number of aromatic amines is 1. The third kappa shape index (κ3) is 6.36. The minimum atomic E-state index is -0.580. The summed E-state index contributed by atoms with van der Waals surface area (Å²) in [7, 11) is 1.61. The van der Waals surface area contributed by atoms with E-state index in [1.54, 1.807) is 11.7 Å². The van der Waals surface area contributed by atoms with Gasteiger partial charge in [0.15, 0.2) is 5.82 Å². The summed E-state index contributed by atoms with van der Waals surface area (Å²) in [6.45, 7) is 6.66. The minimum absolute atomic E-state index is 0.0573. The zero-order valence-electron chi connectivity index (χ0n) is 24.5. The van der Waals surface area contributed by atoms with Crippen LogP contribution in [0.3, 0.4) is 0 Å². The number of allylic oxidation sites excluding steroid dienone is 4. The summed E-state index contributed by atoms with van der Waals surface area (Å²) in [6, 6.07) is 15.7. The fourth-order valence-electron chi connectivity index (χ4n) is 5.22. The Bertz CT molecular complexity index is 1710. The second-order valence-corrected chi connectivity index (χ2v) is 10.6. The zero-order valence-corrected chi connectivity index (χ0v) is 24.5. The number of hydrogen-bond acceptors (Lipinski definition) is 7. The smallest absolute Gasteiger partial charge is 0.439 e. The van der Waals surface area contributed by atoms with Gasteiger partial charge in [-0.25, -0.2) is 9.78 Å². The van der Waals surface area contributed by atoms with Crippen LogP contribution in [-0.2, 0) is 24.3 Å². The van der Waals surface area contributed by atoms with Crippen molar-refractivity contribution in [1.82, 2.24) is 19.7 Å². The molecular weight excluding hydrogens is 532 g/mol. The Balaban J connectivity index is 1.49. The largest absolute Gasteiger partial charge is 0.491 e. The molecule has 9 nitrogen and oxygen atoms in total. The number of hydrogen-bond donors (Lipinski definition) is 1. The molecule has 0 saturated carbocycles. The standard InChI is InChI=1S/C33H36N4O5/c1-5-8-29-34-28(20-40-4)30(24-15-17-25(18-16-24)41-21(2)3)32(38)37(29)19-22-11-13-23(14-12-22)26-9-6-7-10-27(26)31-35-33(39)42-36-31/h9-18,21H,5-8,19-20H2,1-4H3,(H,35,36,39). The molecule has 0 atom stereocenters. The van der Waals surface area contributed by atoms with Crippen molar-refractivity contribution in [2.75, 3.05) is 7.11 Å². The van der Waals surface area contributed by atoms with Gasteiger partial charge in [-0.3, -0.25) is 18.9 Å². The average Bonchev–Trinajstić information content (AvgIpc) is 3.42. The second-order valence-electron chi connectivity index (χ2n) is 10.6. The first-order valence-electron chi connectivity index (χ1n) is 14.3. The van der Waals surface area contributed by atoms with Crippen LogP contribution in [0, 0.1) is 0 Å². The lowest BCUT2D eigenvalue weighted by Gasteiger charge is -2.18. The summed E-state index contributed by atoms with van der Waals surface area (Å²) in [6.07, 6.45) is 7.53. The summed E-state index contributed by atoms with van der Waals surface area (Å²) in [5.41, 5.74) is 5.63. The molecule has 42 heavy (non-hydrogen) atoms. The third-order valence-electron chi connectivity index (χ3n) is 7.05. The van der Waals surface area contributed by atoms with E-state index in [9.17, 15) is 9.59 Å². The molecule has 1 aliphatic carbocycles. The Labute approximate surface area is 244 Å². The van der Waals surface area contributed by atoms with Crippen LogP contribution in [-0.4, -0.2) is 32.9 Å². The first kappa shape index (κ1) is 29.0. The maximum absolute atomic E-state index is 14.1. The summed E-state index contributed by atoms with van der Waals surface area (Å²) in [5.74, 6) is 1.32. The van der Waals surface area contributed by atoms with Gasteiger partial charge in [-0.05, 0) is 67.5 Å². The van der Waals surface area contributed by atoms with Crippen molar-refractivity contribution in [1.29, 1.82) is 0 Å². The lowest BCUT2D eigenvalue weighted by molar-refractivity contribution is 0.181. The molecule has 0 unspecified atom stereocenters. The Morgan fingerprint density at radius 3 is 2.29 bits per heavy atom. The van der Waals surface area contributed by atoms with E-state index in [0.29, 0.717) is 30.0 Å². The predicted molar refractivity (Wildman–Crippen MR) is 162 cm³/mol. The molecule has 2 heterocycles. The van der Waals surface area contributed by atoms with Gasteiger partial charge in [0.1, 0.15) is 11.6 Å². The van der Waals surface area contributed by atoms with E-state index in [1.165, 1.54) is 0 Å². The number of ether oxygens (including phenoxy) is 2. The SMILES string of the molecule is CCCc1nc(COC)c(-c2ccc(OC(C)C)cc2)c(=O)n1Cc1ccc(C2=CCCC=C2c2noc(=O)[nH]2)cc1. The van der Waals surface area contributed by atoms with Crippen LogP contribution in [0.4, 0.5) is 0 Å². The number of nitrogens with zero attached hydrogens (tertiary/aromatic N) is 3. The van der Waals surface area contributed by atoms with Crippen LogP contribution in [0.5, 0.6) is 5.75 Å². The van der Waals surface area contributed by atoms with E-state index in [1.807, 2.05) is 62.4 Å². The highest BCUT2D eigenvalue weighted by Gasteiger charge is 2.20. The summed E-state index contributed by atoms with van der Waals surface area (Å²) < 4.78 is 17.8. The fraction of sp³-hybridized carbons (Fsp3) is 0.333. The van der Waals surface area contributed by atoms with Gasteiger partial charge in [0.2, 0.25) is 0 Å². The number of H-pyrrole nitrogens is 1. The quantitative estimate of drug-likeness (QED) is 0.244. The van der Waals surface area contributed by atoms with E-state index < -0.39 is 5.76 Å². The van der Waals surface area contributed by atoms with Crippen molar-refractivity contribution in [3.8, 4) is 16.9 Å². The Hall–Kier alpha value is -4.50. The molecule has 4 aromatic rings. The van der Waals surface area contributed by atoms with E-state index in [0.717, 1.165) is 58.7 Å². The van der Waals surface area contributed by atoms with Crippen LogP contribution in [0.1, 0.15) is 68.5 Å². The minimum Gasteiger partial charge on any atom is -0.491 e. The van der Waals surface area contributed by atoms with Crippen molar-refractivity contribution in [3.05, 3.63) is 110 Å². The van der Waals surface area contributed by atoms with Gasteiger partial charge in [0, 0.05) is 19.1 Å². The molecule has 0 amide bonds. The van der Waals surface area contributed by atoms with Crippen molar-refractivity contribution in [2.45, 2.75) is 65.7 Å². The van der Waals surface area contributed by atoms with Crippen molar-refractivity contribution in [3.63, 3.8) is 0 Å². The van der Waals surface area contributed by atoms with Gasteiger partial charge in [-0.2, -0.15) is 0 Å². The Morgan fingerprint density at radius 2 is 1.67 bits per heavy atom. The van der Waals surface area contributed by atoms with Crippen molar-refractivity contribution >= 4 is 11.1 Å². The first-order valence-corrected chi connectivity index (χ1v) is 14.3. The molecule has 9 heteroatoms. The highest BCUT2D eigenvalue weighted by Crippen LogP contribution is 2.33. The predicted octanol–water partition coefficient (Wildman–Crippen LogP) is 5.78. The summed E-state index contributed by atoms with van der Waals surface area (Å²) in [4.78, 5) is 33.3. The lowest BCUT2D eigenvalue weighted by atomic mass is 9.91. The van der Waals surface area contributed by atoms with Crippen molar-refractivity contribution in [2.24, 2.45) is 0 Å². The molecule has 0 radical (unpaired) electrons. The van der Waals surface area contributed by atoms with Gasteiger partial charge in [0.05, 0.1) is 30.5 Å². The van der Waals surface area contributed by atoms with Crippen LogP contribution < -0.4 is 16.1 Å². The van der Waals surface area contributed by atoms with Crippen LogP contribution in [0.15, 0.2) is 74.8 Å². The van der Waals surface area contributed by atoms with Gasteiger partial charge in [-0.1, -0.05) is 60.6 Å². The molecule has 0 bridgehead atoms. The maximum Gasteiger partial charge on any atom is 0.439 e. The molecule has 0 saturated heterocycles. The molecule has 218 valence electrons. The highest BCUT2D eigenvalue weighted by atomic mass is 16.5. The molecule has 5 rings (SSSR count). The number of aromatic nitrogens is 4. The van der Waals surface area contributed by atoms with Gasteiger partial charge < -0.3 is 9.47 Å². The fourth-order valence-corrected chi connectivity index (χ4v) is 5.22. The second kappa shape index (κ2) is 13.0. The van der Waals surface area contributed by atoms with Crippen molar-refractivity contribution < 1.29 is 14.0 Å². The summed E-state index contributed by atoms with van der Waals surface area (Å²) in [5, 5.41) is 3.88. The molecule has 1 N–H and O–H groups in total. The lowest BCUT2D eigenvalue weighted by Crippen LogP contribution is -2.29. The monoisotopic (exact) mass is 568 g/mol. The van der Waals surface area contributed by atoms with E-state index in [4.69, 9.17) is 19.0 Å². The number of rotatable bonds is 11. The van der Waals surface area contributed by atoms with Gasteiger partial charge in [0.25, 0.3) is 5.56 Å². The zero-order chi connectivity index (χ0) is 29.6. The first-order chi connectivity index (χ1) is 20.4. The van der Waals surface area contributed by atoms with E-state index >= 15 is 0 Å². The van der Waals surface area contributed by atoms with Gasteiger partial charge >= 0.3 is 5.76 Å². The Morgan fingerprint density at radius 1 is 0.976 bits per heavy atom. The average molecular weight is 569 g/mol. The third-order valence-corrected chi connectivity index (χ3v) is 7.05. The van der Waals surface area contributed by atoms with E-state index in [2.05, 4.69) is 29.2 Å². The molecule has 0 fully saturated rings. The molecule has 2 aromatic carbocycles.